The Morgan fingerprint density at radius 3 is 2.49 bits per heavy atom. The second-order valence-electron chi connectivity index (χ2n) is 12.7. The third-order valence-corrected chi connectivity index (χ3v) is 9.99. The van der Waals surface area contributed by atoms with Gasteiger partial charge in [-0.1, -0.05) is 85.6 Å². The lowest BCUT2D eigenvalue weighted by atomic mass is 10.0. The molecule has 1 aliphatic rings. The second kappa shape index (κ2) is 15.1. The summed E-state index contributed by atoms with van der Waals surface area (Å²) in [5.74, 6) is 0.901. The van der Waals surface area contributed by atoms with Crippen molar-refractivity contribution >= 4 is 45.6 Å². The van der Waals surface area contributed by atoms with Crippen molar-refractivity contribution in [1.29, 1.82) is 0 Å². The van der Waals surface area contributed by atoms with Crippen LogP contribution in [0.15, 0.2) is 78.0 Å². The Morgan fingerprint density at radius 2 is 1.72 bits per heavy atom. The van der Waals surface area contributed by atoms with Gasteiger partial charge < -0.3 is 14.4 Å². The lowest BCUT2D eigenvalue weighted by Gasteiger charge is -2.40. The number of piperazine rings is 1. The van der Waals surface area contributed by atoms with Crippen LogP contribution in [0.1, 0.15) is 73.0 Å². The second-order valence-corrected chi connectivity index (χ2v) is 13.7. The topological polar surface area (TPSA) is 84.2 Å². The zero-order valence-corrected chi connectivity index (χ0v) is 28.5. The van der Waals surface area contributed by atoms with E-state index in [0.717, 1.165) is 46.2 Å². The molecule has 244 valence electrons. The number of benzene rings is 3. The molecule has 1 unspecified atom stereocenters. The standard InChI is InChI=1S/C38H44N6O2S/c1-4-5-7-11-29-16-18-31(19-17-29)37(46)43-22-21-42(25-28(43)3)34(45)14-10-23-47-38-39-36-35(40-41-38)32-24-27(2)15-20-33(32)44(36)26-30-12-8-6-9-13-30/h6,8-9,12-13,15-20,24,28H,4-5,7,10-11,14,21-23,25-26H2,1-3H3. The molecule has 1 saturated heterocycles. The van der Waals surface area contributed by atoms with Gasteiger partial charge in [-0.15, -0.1) is 10.2 Å². The molecule has 0 spiro atoms. The highest BCUT2D eigenvalue weighted by atomic mass is 32.2. The molecule has 0 bridgehead atoms. The number of aryl methyl sites for hydroxylation is 2. The van der Waals surface area contributed by atoms with Crippen LogP contribution in [0.4, 0.5) is 0 Å². The van der Waals surface area contributed by atoms with Crippen LogP contribution in [-0.4, -0.2) is 72.8 Å². The lowest BCUT2D eigenvalue weighted by molar-refractivity contribution is -0.133. The summed E-state index contributed by atoms with van der Waals surface area (Å²) in [5, 5.41) is 10.7. The van der Waals surface area contributed by atoms with E-state index < -0.39 is 0 Å². The molecule has 3 aromatic carbocycles. The predicted octanol–water partition coefficient (Wildman–Crippen LogP) is 7.31. The Kier molecular flexibility index (Phi) is 10.5. The van der Waals surface area contributed by atoms with Gasteiger partial charge in [-0.25, -0.2) is 4.98 Å². The van der Waals surface area contributed by atoms with E-state index in [2.05, 4.69) is 83.2 Å². The zero-order valence-electron chi connectivity index (χ0n) is 27.7. The number of rotatable bonds is 12. The number of hydrogen-bond acceptors (Lipinski definition) is 6. The molecule has 0 aliphatic carbocycles. The Bertz CT molecular complexity index is 1840. The van der Waals surface area contributed by atoms with Crippen LogP contribution in [-0.2, 0) is 17.8 Å². The van der Waals surface area contributed by atoms with E-state index in [0.29, 0.717) is 37.8 Å². The van der Waals surface area contributed by atoms with Gasteiger partial charge in [0.1, 0.15) is 5.52 Å². The smallest absolute Gasteiger partial charge is 0.254 e. The van der Waals surface area contributed by atoms with Crippen molar-refractivity contribution in [2.75, 3.05) is 25.4 Å². The summed E-state index contributed by atoms with van der Waals surface area (Å²) in [6, 6.07) is 24.8. The molecule has 5 aromatic rings. The number of nitrogens with zero attached hydrogens (tertiary/aromatic N) is 6. The maximum absolute atomic E-state index is 13.3. The average Bonchev–Trinajstić information content (AvgIpc) is 3.38. The monoisotopic (exact) mass is 648 g/mol. The first kappa shape index (κ1) is 32.7. The highest BCUT2D eigenvalue weighted by Gasteiger charge is 2.30. The molecular weight excluding hydrogens is 605 g/mol. The first-order valence-electron chi connectivity index (χ1n) is 16.9. The number of carbonyl (C=O) groups is 2. The fraction of sp³-hybridized carbons (Fsp3) is 0.395. The fourth-order valence-electron chi connectivity index (χ4n) is 6.43. The molecule has 1 aliphatic heterocycles. The van der Waals surface area contributed by atoms with Crippen LogP contribution in [0.25, 0.3) is 22.1 Å². The van der Waals surface area contributed by atoms with Crippen molar-refractivity contribution in [2.24, 2.45) is 0 Å². The van der Waals surface area contributed by atoms with E-state index in [1.165, 1.54) is 47.7 Å². The minimum atomic E-state index is -0.0311. The Balaban J connectivity index is 1.02. The molecular formula is C38H44N6O2S. The Hall–Kier alpha value is -4.24. The first-order valence-corrected chi connectivity index (χ1v) is 17.9. The molecule has 0 radical (unpaired) electrons. The molecule has 9 heteroatoms. The van der Waals surface area contributed by atoms with Crippen molar-refractivity contribution in [3.05, 3.63) is 95.1 Å². The number of unbranched alkanes of at least 4 members (excludes halogenated alkanes) is 2. The van der Waals surface area contributed by atoms with Gasteiger partial charge in [-0.05, 0) is 68.5 Å². The van der Waals surface area contributed by atoms with Crippen molar-refractivity contribution in [2.45, 2.75) is 77.0 Å². The third kappa shape index (κ3) is 7.67. The van der Waals surface area contributed by atoms with Crippen molar-refractivity contribution in [3.8, 4) is 0 Å². The summed E-state index contributed by atoms with van der Waals surface area (Å²) in [7, 11) is 0. The van der Waals surface area contributed by atoms with Crippen molar-refractivity contribution < 1.29 is 9.59 Å². The van der Waals surface area contributed by atoms with Gasteiger partial charge in [-0.3, -0.25) is 9.59 Å². The van der Waals surface area contributed by atoms with Gasteiger partial charge in [0.15, 0.2) is 5.65 Å². The van der Waals surface area contributed by atoms with E-state index in [4.69, 9.17) is 4.98 Å². The van der Waals surface area contributed by atoms with Gasteiger partial charge in [0.2, 0.25) is 11.1 Å². The highest BCUT2D eigenvalue weighted by molar-refractivity contribution is 7.99. The van der Waals surface area contributed by atoms with Crippen molar-refractivity contribution in [3.63, 3.8) is 0 Å². The van der Waals surface area contributed by atoms with Gasteiger partial charge in [0.25, 0.3) is 5.91 Å². The third-order valence-electron chi connectivity index (χ3n) is 9.06. The first-order chi connectivity index (χ1) is 22.9. The SMILES string of the molecule is CCCCCc1ccc(C(=O)N2CCN(C(=O)CCCSc3nnc4c5cc(C)ccc5n(Cc5ccccc5)c4n3)CC2C)cc1. The van der Waals surface area contributed by atoms with Gasteiger partial charge in [0.05, 0.1) is 5.52 Å². The maximum Gasteiger partial charge on any atom is 0.254 e. The van der Waals surface area contributed by atoms with Gasteiger partial charge in [-0.2, -0.15) is 0 Å². The van der Waals surface area contributed by atoms with Crippen LogP contribution < -0.4 is 0 Å². The molecule has 8 nitrogen and oxygen atoms in total. The van der Waals surface area contributed by atoms with Crippen LogP contribution in [0.5, 0.6) is 0 Å². The van der Waals surface area contributed by atoms with E-state index in [9.17, 15) is 9.59 Å². The van der Waals surface area contributed by atoms with Crippen LogP contribution in [0.2, 0.25) is 0 Å². The van der Waals surface area contributed by atoms with E-state index >= 15 is 0 Å². The maximum atomic E-state index is 13.3. The predicted molar refractivity (Wildman–Crippen MR) is 190 cm³/mol. The molecule has 47 heavy (non-hydrogen) atoms. The van der Waals surface area contributed by atoms with Gasteiger partial charge >= 0.3 is 0 Å². The van der Waals surface area contributed by atoms with Crippen LogP contribution >= 0.6 is 11.8 Å². The van der Waals surface area contributed by atoms with Gasteiger partial charge in [0, 0.05) is 55.3 Å². The van der Waals surface area contributed by atoms with E-state index in [1.54, 1.807) is 0 Å². The highest BCUT2D eigenvalue weighted by Crippen LogP contribution is 2.29. The molecule has 1 atom stereocenters. The Morgan fingerprint density at radius 1 is 0.915 bits per heavy atom. The summed E-state index contributed by atoms with van der Waals surface area (Å²) < 4.78 is 2.22. The molecule has 6 rings (SSSR count). The number of carbonyl (C=O) groups excluding carboxylic acids is 2. The number of thioether (sulfide) groups is 1. The minimum absolute atomic E-state index is 0.0311. The normalized spacial score (nSPS) is 15.1. The quantitative estimate of drug-likeness (QED) is 0.104. The molecule has 2 amide bonds. The van der Waals surface area contributed by atoms with Crippen LogP contribution in [0, 0.1) is 6.92 Å². The summed E-state index contributed by atoms with van der Waals surface area (Å²) in [6.07, 6.45) is 5.83. The molecule has 3 heterocycles. The lowest BCUT2D eigenvalue weighted by Crippen LogP contribution is -2.55. The number of hydrogen-bond donors (Lipinski definition) is 0. The van der Waals surface area contributed by atoms with E-state index in [1.807, 2.05) is 34.9 Å². The largest absolute Gasteiger partial charge is 0.339 e. The van der Waals surface area contributed by atoms with Crippen molar-refractivity contribution in [1.82, 2.24) is 29.5 Å². The Labute approximate surface area is 281 Å². The minimum Gasteiger partial charge on any atom is -0.339 e. The summed E-state index contributed by atoms with van der Waals surface area (Å²) >= 11 is 1.54. The molecule has 1 fully saturated rings. The molecule has 0 saturated carbocycles. The molecule has 2 aromatic heterocycles. The summed E-state index contributed by atoms with van der Waals surface area (Å²) in [5.41, 5.74) is 7.10. The van der Waals surface area contributed by atoms with Crippen LogP contribution in [0.3, 0.4) is 0 Å². The fourth-order valence-corrected chi connectivity index (χ4v) is 7.15. The molecule has 0 N–H and O–H groups in total. The number of fused-ring (bicyclic) bond motifs is 3. The average molecular weight is 649 g/mol. The summed E-state index contributed by atoms with van der Waals surface area (Å²) in [4.78, 5) is 35.2. The summed E-state index contributed by atoms with van der Waals surface area (Å²) in [6.45, 7) is 8.69. The number of amides is 2. The number of aromatic nitrogens is 4. The van der Waals surface area contributed by atoms with E-state index in [-0.39, 0.29) is 17.9 Å². The zero-order chi connectivity index (χ0) is 32.8.